The van der Waals surface area contributed by atoms with Gasteiger partial charge in [0.2, 0.25) is 0 Å². The molecule has 0 unspecified atom stereocenters. The maximum atomic E-state index is 10.8. The fourth-order valence-electron chi connectivity index (χ4n) is 1.50. The average molecular weight is 301 g/mol. The van der Waals surface area contributed by atoms with Crippen molar-refractivity contribution in [2.24, 2.45) is 0 Å². The first kappa shape index (κ1) is 14.0. The Morgan fingerprint density at radius 3 is 2.82 bits per heavy atom. The van der Waals surface area contributed by atoms with Crippen LogP contribution in [0.1, 0.15) is 36.7 Å². The van der Waals surface area contributed by atoms with Crippen LogP contribution in [0.2, 0.25) is 0 Å². The molecule has 1 aromatic heterocycles. The van der Waals surface area contributed by atoms with Gasteiger partial charge >= 0.3 is 0 Å². The largest absolute Gasteiger partial charge is 0.504 e. The van der Waals surface area contributed by atoms with Crippen molar-refractivity contribution in [1.29, 1.82) is 0 Å². The van der Waals surface area contributed by atoms with Gasteiger partial charge in [-0.2, -0.15) is 0 Å². The van der Waals surface area contributed by atoms with Gasteiger partial charge in [-0.1, -0.05) is 19.8 Å². The summed E-state index contributed by atoms with van der Waals surface area (Å²) in [6.45, 7) is 3.04. The second kappa shape index (κ2) is 6.59. The maximum Gasteiger partial charge on any atom is 0.172 e. The van der Waals surface area contributed by atoms with Gasteiger partial charge in [0, 0.05) is 13.6 Å². The number of hydrogen-bond acceptors (Lipinski definition) is 4. The lowest BCUT2D eigenvalue weighted by molar-refractivity contribution is 0.111. The van der Waals surface area contributed by atoms with Crippen molar-refractivity contribution in [2.45, 2.75) is 26.2 Å². The van der Waals surface area contributed by atoms with Crippen molar-refractivity contribution in [3.8, 4) is 5.75 Å². The number of aromatic hydroxyl groups is 1. The highest BCUT2D eigenvalue weighted by Crippen LogP contribution is 2.29. The van der Waals surface area contributed by atoms with Gasteiger partial charge in [-0.15, -0.1) is 0 Å². The molecule has 1 N–H and O–H groups in total. The molecule has 0 bridgehead atoms. The Bertz CT molecular complexity index is 396. The summed E-state index contributed by atoms with van der Waals surface area (Å²) in [6.07, 6.45) is 3.98. The lowest BCUT2D eigenvalue weighted by Gasteiger charge is -2.18. The van der Waals surface area contributed by atoms with Gasteiger partial charge in [-0.05, 0) is 28.4 Å². The number of anilines is 1. The van der Waals surface area contributed by atoms with Gasteiger partial charge in [-0.25, -0.2) is 4.98 Å². The van der Waals surface area contributed by atoms with Crippen molar-refractivity contribution in [1.82, 2.24) is 4.98 Å². The summed E-state index contributed by atoms with van der Waals surface area (Å²) >= 11 is 3.21. The van der Waals surface area contributed by atoms with Gasteiger partial charge in [0.25, 0.3) is 0 Å². The third-order valence-electron chi connectivity index (χ3n) is 2.56. The molecule has 0 saturated carbocycles. The normalized spacial score (nSPS) is 10.3. The molecule has 0 aliphatic rings. The highest BCUT2D eigenvalue weighted by atomic mass is 79.9. The minimum Gasteiger partial charge on any atom is -0.504 e. The van der Waals surface area contributed by atoms with Crippen LogP contribution in [0.3, 0.4) is 0 Å². The van der Waals surface area contributed by atoms with Crippen molar-refractivity contribution in [2.75, 3.05) is 18.5 Å². The molecule has 0 aliphatic carbocycles. The van der Waals surface area contributed by atoms with Crippen molar-refractivity contribution in [3.63, 3.8) is 0 Å². The number of carbonyl (C=O) groups excluding carboxylic acids is 1. The van der Waals surface area contributed by atoms with Crippen LogP contribution in [-0.4, -0.2) is 30.0 Å². The fraction of sp³-hybridized carbons (Fsp3) is 0.500. The number of hydrogen-bond donors (Lipinski definition) is 1. The maximum absolute atomic E-state index is 10.8. The average Bonchev–Trinajstić information content (AvgIpc) is 2.32. The number of aldehydes is 1. The minimum atomic E-state index is -0.106. The number of pyridine rings is 1. The van der Waals surface area contributed by atoms with E-state index in [-0.39, 0.29) is 11.4 Å². The van der Waals surface area contributed by atoms with E-state index in [4.69, 9.17) is 0 Å². The van der Waals surface area contributed by atoms with Gasteiger partial charge < -0.3 is 10.0 Å². The van der Waals surface area contributed by atoms with Gasteiger partial charge in [-0.3, -0.25) is 4.79 Å². The number of carbonyl (C=O) groups is 1. The third kappa shape index (κ3) is 3.70. The molecule has 4 nitrogen and oxygen atoms in total. The molecule has 0 saturated heterocycles. The SMILES string of the molecule is CCCCCN(C)c1cc(Br)c(O)c(C=O)n1. The number of nitrogens with zero attached hydrogens (tertiary/aromatic N) is 2. The van der Waals surface area contributed by atoms with E-state index >= 15 is 0 Å². The number of unbranched alkanes of at least 4 members (excludes halogenated alkanes) is 2. The van der Waals surface area contributed by atoms with Gasteiger partial charge in [0.15, 0.2) is 12.0 Å². The monoisotopic (exact) mass is 300 g/mol. The Morgan fingerprint density at radius 1 is 1.53 bits per heavy atom. The number of rotatable bonds is 6. The van der Waals surface area contributed by atoms with E-state index in [1.807, 2.05) is 11.9 Å². The van der Waals surface area contributed by atoms with Crippen molar-refractivity contribution < 1.29 is 9.90 Å². The molecule has 1 heterocycles. The minimum absolute atomic E-state index is 0.0664. The van der Waals surface area contributed by atoms with Crippen LogP contribution in [0.5, 0.6) is 5.75 Å². The Labute approximate surface area is 110 Å². The van der Waals surface area contributed by atoms with Crippen LogP contribution in [0.15, 0.2) is 10.5 Å². The second-order valence-corrected chi connectivity index (χ2v) is 4.80. The topological polar surface area (TPSA) is 53.4 Å². The third-order valence-corrected chi connectivity index (χ3v) is 3.16. The zero-order chi connectivity index (χ0) is 12.8. The molecule has 0 aromatic carbocycles. The van der Waals surface area contributed by atoms with Crippen LogP contribution in [0.25, 0.3) is 0 Å². The lowest BCUT2D eigenvalue weighted by atomic mass is 10.2. The highest BCUT2D eigenvalue weighted by Gasteiger charge is 2.11. The van der Waals surface area contributed by atoms with Crippen LogP contribution >= 0.6 is 15.9 Å². The van der Waals surface area contributed by atoms with Crippen LogP contribution in [0.4, 0.5) is 5.82 Å². The summed E-state index contributed by atoms with van der Waals surface area (Å²) in [6, 6.07) is 1.72. The molecule has 0 spiro atoms. The second-order valence-electron chi connectivity index (χ2n) is 3.94. The molecule has 0 aliphatic heterocycles. The molecule has 0 amide bonds. The van der Waals surface area contributed by atoms with Crippen molar-refractivity contribution >= 4 is 28.0 Å². The van der Waals surface area contributed by atoms with Gasteiger partial charge in [0.05, 0.1) is 4.47 Å². The predicted molar refractivity (Wildman–Crippen MR) is 71.8 cm³/mol. The molecule has 1 aromatic rings. The highest BCUT2D eigenvalue weighted by molar-refractivity contribution is 9.10. The number of aromatic nitrogens is 1. The predicted octanol–water partition coefficient (Wildman–Crippen LogP) is 2.99. The molecular weight excluding hydrogens is 284 g/mol. The van der Waals surface area contributed by atoms with E-state index in [1.54, 1.807) is 6.07 Å². The Hall–Kier alpha value is -1.10. The quantitative estimate of drug-likeness (QED) is 0.648. The summed E-state index contributed by atoms with van der Waals surface area (Å²) < 4.78 is 0.493. The van der Waals surface area contributed by atoms with E-state index in [9.17, 15) is 9.90 Å². The van der Waals surface area contributed by atoms with E-state index in [2.05, 4.69) is 27.8 Å². The van der Waals surface area contributed by atoms with E-state index < -0.39 is 0 Å². The molecule has 17 heavy (non-hydrogen) atoms. The van der Waals surface area contributed by atoms with Crippen LogP contribution in [-0.2, 0) is 0 Å². The Balaban J connectivity index is 2.83. The molecule has 5 heteroatoms. The smallest absolute Gasteiger partial charge is 0.172 e. The zero-order valence-electron chi connectivity index (χ0n) is 10.1. The standard InChI is InChI=1S/C12H17BrN2O2/c1-3-4-5-6-15(2)11-7-9(13)12(17)10(8-16)14-11/h7-8,17H,3-6H2,1-2H3. The van der Waals surface area contributed by atoms with E-state index in [1.165, 1.54) is 12.8 Å². The summed E-state index contributed by atoms with van der Waals surface area (Å²) in [5.41, 5.74) is 0.0664. The fourth-order valence-corrected chi connectivity index (χ4v) is 1.91. The molecule has 94 valence electrons. The Morgan fingerprint density at radius 2 is 2.24 bits per heavy atom. The lowest BCUT2D eigenvalue weighted by Crippen LogP contribution is -2.20. The van der Waals surface area contributed by atoms with Crippen LogP contribution < -0.4 is 4.90 Å². The van der Waals surface area contributed by atoms with Gasteiger partial charge in [0.1, 0.15) is 11.5 Å². The summed E-state index contributed by atoms with van der Waals surface area (Å²) in [5, 5.41) is 9.56. The molecular formula is C12H17BrN2O2. The Kier molecular flexibility index (Phi) is 5.41. The first-order valence-corrected chi connectivity index (χ1v) is 6.45. The van der Waals surface area contributed by atoms with Crippen LogP contribution in [0, 0.1) is 0 Å². The van der Waals surface area contributed by atoms with E-state index in [0.29, 0.717) is 16.6 Å². The molecule has 0 radical (unpaired) electrons. The molecule has 0 fully saturated rings. The summed E-state index contributed by atoms with van der Waals surface area (Å²) in [4.78, 5) is 16.8. The summed E-state index contributed by atoms with van der Waals surface area (Å²) in [5.74, 6) is 0.582. The first-order chi connectivity index (χ1) is 8.10. The molecule has 1 rings (SSSR count). The van der Waals surface area contributed by atoms with Crippen molar-refractivity contribution in [3.05, 3.63) is 16.2 Å². The number of halogens is 1. The zero-order valence-corrected chi connectivity index (χ0v) is 11.7. The first-order valence-electron chi connectivity index (χ1n) is 5.66. The summed E-state index contributed by atoms with van der Waals surface area (Å²) in [7, 11) is 1.93. The molecule has 0 atom stereocenters. The van der Waals surface area contributed by atoms with E-state index in [0.717, 1.165) is 13.0 Å².